The third kappa shape index (κ3) is 9.48. The summed E-state index contributed by atoms with van der Waals surface area (Å²) in [6, 6.07) is 0. The number of likely N-dealkylation sites (N-methyl/N-ethyl adjacent to an activating group) is 1. The summed E-state index contributed by atoms with van der Waals surface area (Å²) in [7, 11) is 3.98. The molecule has 0 bridgehead atoms. The van der Waals surface area contributed by atoms with Gasteiger partial charge in [-0.05, 0) is 20.5 Å². The van der Waals surface area contributed by atoms with E-state index in [0.717, 1.165) is 13.0 Å². The first kappa shape index (κ1) is 13.4. The first-order valence-electron chi connectivity index (χ1n) is 5.05. The van der Waals surface area contributed by atoms with Crippen LogP contribution in [0.1, 0.15) is 19.8 Å². The average molecular weight is 203 g/mol. The van der Waals surface area contributed by atoms with Gasteiger partial charge in [0.25, 0.3) is 0 Å². The third-order valence-electron chi connectivity index (χ3n) is 1.63. The summed E-state index contributed by atoms with van der Waals surface area (Å²) in [6.07, 6.45) is 1.33. The molecule has 0 fully saturated rings. The molecule has 0 aromatic heterocycles. The van der Waals surface area contributed by atoms with Crippen LogP contribution in [0.25, 0.3) is 0 Å². The lowest BCUT2D eigenvalue weighted by Crippen LogP contribution is -2.19. The van der Waals surface area contributed by atoms with Crippen molar-refractivity contribution in [2.75, 3.05) is 40.5 Å². The third-order valence-corrected chi connectivity index (χ3v) is 1.63. The fourth-order valence-corrected chi connectivity index (χ4v) is 0.840. The van der Waals surface area contributed by atoms with Crippen molar-refractivity contribution in [3.05, 3.63) is 0 Å². The molecule has 0 saturated heterocycles. The predicted molar refractivity (Wildman–Crippen MR) is 55.2 cm³/mol. The van der Waals surface area contributed by atoms with E-state index < -0.39 is 0 Å². The Balaban J connectivity index is 3.09. The highest BCUT2D eigenvalue weighted by Gasteiger charge is 1.99. The maximum atomic E-state index is 10.9. The quantitative estimate of drug-likeness (QED) is 0.434. The predicted octanol–water partition coefficient (Wildman–Crippen LogP) is 0.908. The minimum absolute atomic E-state index is 0.135. The summed E-state index contributed by atoms with van der Waals surface area (Å²) in [5.74, 6) is -0.135. The maximum Gasteiger partial charge on any atom is 0.305 e. The number of esters is 1. The highest BCUT2D eigenvalue weighted by atomic mass is 16.6. The van der Waals surface area contributed by atoms with Gasteiger partial charge in [-0.1, -0.05) is 6.92 Å². The van der Waals surface area contributed by atoms with Gasteiger partial charge in [-0.25, -0.2) is 0 Å². The van der Waals surface area contributed by atoms with Crippen molar-refractivity contribution in [3.63, 3.8) is 0 Å². The van der Waals surface area contributed by atoms with Crippen LogP contribution in [0.4, 0.5) is 0 Å². The summed E-state index contributed by atoms with van der Waals surface area (Å²) in [4.78, 5) is 12.9. The fourth-order valence-electron chi connectivity index (χ4n) is 0.840. The Labute approximate surface area is 86.2 Å². The van der Waals surface area contributed by atoms with E-state index in [9.17, 15) is 4.79 Å². The smallest absolute Gasteiger partial charge is 0.305 e. The van der Waals surface area contributed by atoms with E-state index in [1.54, 1.807) is 0 Å². The first-order chi connectivity index (χ1) is 6.66. The lowest BCUT2D eigenvalue weighted by molar-refractivity contribution is -0.145. The van der Waals surface area contributed by atoms with Crippen LogP contribution < -0.4 is 0 Å². The molecule has 4 nitrogen and oxygen atoms in total. The second kappa shape index (κ2) is 8.97. The first-order valence-corrected chi connectivity index (χ1v) is 5.05. The monoisotopic (exact) mass is 203 g/mol. The van der Waals surface area contributed by atoms with Crippen molar-refractivity contribution < 1.29 is 14.3 Å². The van der Waals surface area contributed by atoms with Gasteiger partial charge in [-0.15, -0.1) is 0 Å². The SMILES string of the molecule is CCCC(=O)OCCOCCN(C)C. The second-order valence-electron chi connectivity index (χ2n) is 3.39. The van der Waals surface area contributed by atoms with Gasteiger partial charge in [-0.3, -0.25) is 4.79 Å². The molecule has 14 heavy (non-hydrogen) atoms. The molecule has 0 spiro atoms. The van der Waals surface area contributed by atoms with E-state index in [-0.39, 0.29) is 5.97 Å². The van der Waals surface area contributed by atoms with Crippen LogP contribution >= 0.6 is 0 Å². The van der Waals surface area contributed by atoms with E-state index in [2.05, 4.69) is 0 Å². The zero-order chi connectivity index (χ0) is 10.8. The van der Waals surface area contributed by atoms with Crippen molar-refractivity contribution in [2.45, 2.75) is 19.8 Å². The number of nitrogens with zero attached hydrogens (tertiary/aromatic N) is 1. The number of hydrogen-bond acceptors (Lipinski definition) is 4. The molecule has 4 heteroatoms. The number of carbonyl (C=O) groups is 1. The van der Waals surface area contributed by atoms with Gasteiger partial charge >= 0.3 is 5.97 Å². The second-order valence-corrected chi connectivity index (χ2v) is 3.39. The molecule has 0 heterocycles. The van der Waals surface area contributed by atoms with E-state index in [1.165, 1.54) is 0 Å². The molecule has 0 saturated carbocycles. The summed E-state index contributed by atoms with van der Waals surface area (Å²) in [5, 5.41) is 0. The van der Waals surface area contributed by atoms with Crippen LogP contribution in [0.2, 0.25) is 0 Å². The number of ether oxygens (including phenoxy) is 2. The molecule has 0 aromatic carbocycles. The zero-order valence-corrected chi connectivity index (χ0v) is 9.41. The van der Waals surface area contributed by atoms with Crippen molar-refractivity contribution in [1.82, 2.24) is 4.90 Å². The average Bonchev–Trinajstić information content (AvgIpc) is 2.11. The summed E-state index contributed by atoms with van der Waals surface area (Å²) >= 11 is 0. The van der Waals surface area contributed by atoms with Crippen LogP contribution in [-0.4, -0.2) is 51.3 Å². The van der Waals surface area contributed by atoms with Crippen LogP contribution in [0.5, 0.6) is 0 Å². The Bertz CT molecular complexity index is 148. The highest BCUT2D eigenvalue weighted by Crippen LogP contribution is 1.90. The fraction of sp³-hybridized carbons (Fsp3) is 0.900. The van der Waals surface area contributed by atoms with Gasteiger partial charge in [0.2, 0.25) is 0 Å². The van der Waals surface area contributed by atoms with Crippen molar-refractivity contribution in [3.8, 4) is 0 Å². The molecule has 0 aromatic rings. The van der Waals surface area contributed by atoms with Crippen molar-refractivity contribution >= 4 is 5.97 Å². The Hall–Kier alpha value is -0.610. The van der Waals surface area contributed by atoms with Crippen LogP contribution in [-0.2, 0) is 14.3 Å². The van der Waals surface area contributed by atoms with Crippen LogP contribution in [0.3, 0.4) is 0 Å². The maximum absolute atomic E-state index is 10.9. The summed E-state index contributed by atoms with van der Waals surface area (Å²) in [6.45, 7) is 4.38. The van der Waals surface area contributed by atoms with Gasteiger partial charge in [0, 0.05) is 13.0 Å². The zero-order valence-electron chi connectivity index (χ0n) is 9.41. The molecule has 0 aliphatic carbocycles. The molecular formula is C10H21NO3. The number of carbonyl (C=O) groups excluding carboxylic acids is 1. The minimum Gasteiger partial charge on any atom is -0.463 e. The van der Waals surface area contributed by atoms with Gasteiger partial charge in [0.1, 0.15) is 6.61 Å². The highest BCUT2D eigenvalue weighted by molar-refractivity contribution is 5.69. The molecule has 0 radical (unpaired) electrons. The van der Waals surface area contributed by atoms with E-state index >= 15 is 0 Å². The molecule has 84 valence electrons. The molecular weight excluding hydrogens is 182 g/mol. The van der Waals surface area contributed by atoms with Gasteiger partial charge < -0.3 is 14.4 Å². The molecule has 0 amide bonds. The molecule has 0 atom stereocenters. The topological polar surface area (TPSA) is 38.8 Å². The van der Waals surface area contributed by atoms with Crippen molar-refractivity contribution in [1.29, 1.82) is 0 Å². The van der Waals surface area contributed by atoms with E-state index in [1.807, 2.05) is 25.9 Å². The standard InChI is InChI=1S/C10H21NO3/c1-4-5-10(12)14-9-8-13-7-6-11(2)3/h4-9H2,1-3H3. The molecule has 0 aliphatic rings. The van der Waals surface area contributed by atoms with Gasteiger partial charge in [0.05, 0.1) is 13.2 Å². The Morgan fingerprint density at radius 2 is 1.93 bits per heavy atom. The van der Waals surface area contributed by atoms with E-state index in [4.69, 9.17) is 9.47 Å². The van der Waals surface area contributed by atoms with Crippen molar-refractivity contribution in [2.24, 2.45) is 0 Å². The summed E-state index contributed by atoms with van der Waals surface area (Å²) < 4.78 is 10.2. The largest absolute Gasteiger partial charge is 0.463 e. The van der Waals surface area contributed by atoms with Crippen LogP contribution in [0, 0.1) is 0 Å². The molecule has 0 aliphatic heterocycles. The van der Waals surface area contributed by atoms with Gasteiger partial charge in [-0.2, -0.15) is 0 Å². The Morgan fingerprint density at radius 1 is 1.21 bits per heavy atom. The lowest BCUT2D eigenvalue weighted by Gasteiger charge is -2.09. The van der Waals surface area contributed by atoms with Crippen LogP contribution in [0.15, 0.2) is 0 Å². The summed E-state index contributed by atoms with van der Waals surface area (Å²) in [5.41, 5.74) is 0. The van der Waals surface area contributed by atoms with E-state index in [0.29, 0.717) is 26.2 Å². The number of hydrogen-bond donors (Lipinski definition) is 0. The normalized spacial score (nSPS) is 10.6. The number of rotatable bonds is 8. The van der Waals surface area contributed by atoms with Gasteiger partial charge in [0.15, 0.2) is 0 Å². The molecule has 0 unspecified atom stereocenters. The minimum atomic E-state index is -0.135. The molecule has 0 rings (SSSR count). The molecule has 0 N–H and O–H groups in total. The lowest BCUT2D eigenvalue weighted by atomic mass is 10.3. The Kier molecular flexibility index (Phi) is 8.57. The Morgan fingerprint density at radius 3 is 2.50 bits per heavy atom.